The predicted octanol–water partition coefficient (Wildman–Crippen LogP) is 4.40. The number of nitrogens with zero attached hydrogens (tertiary/aromatic N) is 2. The zero-order valence-corrected chi connectivity index (χ0v) is 20.5. The van der Waals surface area contributed by atoms with E-state index >= 15 is 0 Å². The van der Waals surface area contributed by atoms with Gasteiger partial charge in [0.25, 0.3) is 5.91 Å². The molecule has 3 aromatic carbocycles. The quantitative estimate of drug-likeness (QED) is 0.383. The average molecular weight is 482 g/mol. The minimum absolute atomic E-state index is 0.0322. The number of benzene rings is 3. The zero-order valence-electron chi connectivity index (χ0n) is 19.7. The summed E-state index contributed by atoms with van der Waals surface area (Å²) >= 11 is 0. The lowest BCUT2D eigenvalue weighted by Crippen LogP contribution is -2.39. The summed E-state index contributed by atoms with van der Waals surface area (Å²) in [6.45, 7) is 6.99. The number of rotatable bonds is 8. The van der Waals surface area contributed by atoms with Gasteiger partial charge in [-0.2, -0.15) is 9.41 Å². The van der Waals surface area contributed by atoms with Crippen molar-refractivity contribution in [2.24, 2.45) is 5.10 Å². The molecule has 0 spiro atoms. The lowest BCUT2D eigenvalue weighted by Gasteiger charge is -2.24. The van der Waals surface area contributed by atoms with Gasteiger partial charge in [-0.05, 0) is 62.1 Å². The molecule has 0 aromatic heterocycles. The molecule has 0 unspecified atom stereocenters. The van der Waals surface area contributed by atoms with E-state index in [1.54, 1.807) is 13.8 Å². The molecule has 6 nitrogen and oxygen atoms in total. The summed E-state index contributed by atoms with van der Waals surface area (Å²) in [5, 5.41) is 3.88. The van der Waals surface area contributed by atoms with Gasteiger partial charge in [0.15, 0.2) is 0 Å². The van der Waals surface area contributed by atoms with E-state index in [0.29, 0.717) is 16.7 Å². The lowest BCUT2D eigenvalue weighted by atomic mass is 10.1. The van der Waals surface area contributed by atoms with Crippen molar-refractivity contribution in [2.45, 2.75) is 39.1 Å². The molecule has 34 heavy (non-hydrogen) atoms. The number of hydrazone groups is 1. The van der Waals surface area contributed by atoms with E-state index in [1.807, 2.05) is 50.2 Å². The fraction of sp³-hybridized carbons (Fsp3) is 0.231. The molecule has 0 aliphatic heterocycles. The molecular weight excluding hydrogens is 453 g/mol. The minimum atomic E-state index is -3.99. The molecule has 0 saturated heterocycles. The predicted molar refractivity (Wildman–Crippen MR) is 132 cm³/mol. The maximum Gasteiger partial charge on any atom is 0.255 e. The number of hydrogen-bond donors (Lipinski definition) is 1. The molecule has 3 aromatic rings. The van der Waals surface area contributed by atoms with Crippen LogP contribution in [0.5, 0.6) is 0 Å². The van der Waals surface area contributed by atoms with Gasteiger partial charge in [-0.1, -0.05) is 59.7 Å². The third-order valence-electron chi connectivity index (χ3n) is 5.27. The second-order valence-electron chi connectivity index (χ2n) is 8.33. The molecule has 3 rings (SSSR count). The van der Waals surface area contributed by atoms with Gasteiger partial charge in [-0.3, -0.25) is 4.79 Å². The van der Waals surface area contributed by atoms with Gasteiger partial charge in [0, 0.05) is 6.54 Å². The number of hydrogen-bond acceptors (Lipinski definition) is 4. The fourth-order valence-corrected chi connectivity index (χ4v) is 5.54. The first-order chi connectivity index (χ1) is 16.1. The first-order valence-electron chi connectivity index (χ1n) is 10.8. The summed E-state index contributed by atoms with van der Waals surface area (Å²) < 4.78 is 41.6. The van der Waals surface area contributed by atoms with Crippen molar-refractivity contribution >= 4 is 22.1 Å². The van der Waals surface area contributed by atoms with Gasteiger partial charge in [-0.25, -0.2) is 18.2 Å². The van der Waals surface area contributed by atoms with Crippen LogP contribution in [0.4, 0.5) is 4.39 Å². The summed E-state index contributed by atoms with van der Waals surface area (Å²) in [4.78, 5) is 12.9. The molecule has 0 radical (unpaired) electrons. The highest BCUT2D eigenvalue weighted by Crippen LogP contribution is 2.26. The number of sulfonamides is 1. The SMILES string of the molecule is Cc1ccc(CN(CC(=O)N/N=C/c2ccc(F)cc2)S(=O)(=O)c2c(C)cc(C)cc2C)cc1. The van der Waals surface area contributed by atoms with E-state index in [2.05, 4.69) is 10.5 Å². The van der Waals surface area contributed by atoms with Crippen molar-refractivity contribution in [1.29, 1.82) is 0 Å². The molecule has 178 valence electrons. The summed E-state index contributed by atoms with van der Waals surface area (Å²) in [5.41, 5.74) is 6.99. The molecule has 1 N–H and O–H groups in total. The first-order valence-corrected chi connectivity index (χ1v) is 12.2. The number of amides is 1. The first kappa shape index (κ1) is 25.3. The van der Waals surface area contributed by atoms with Crippen LogP contribution in [0.1, 0.15) is 33.4 Å². The Balaban J connectivity index is 1.86. The van der Waals surface area contributed by atoms with E-state index in [9.17, 15) is 17.6 Å². The van der Waals surface area contributed by atoms with Crippen LogP contribution in [-0.2, 0) is 21.4 Å². The minimum Gasteiger partial charge on any atom is -0.272 e. The van der Waals surface area contributed by atoms with Crippen molar-refractivity contribution in [3.8, 4) is 0 Å². The van der Waals surface area contributed by atoms with E-state index in [4.69, 9.17) is 0 Å². The number of aryl methyl sites for hydroxylation is 4. The van der Waals surface area contributed by atoms with Gasteiger partial charge < -0.3 is 0 Å². The van der Waals surface area contributed by atoms with Gasteiger partial charge in [-0.15, -0.1) is 0 Å². The summed E-state index contributed by atoms with van der Waals surface area (Å²) in [6.07, 6.45) is 1.37. The van der Waals surface area contributed by atoms with E-state index in [0.717, 1.165) is 21.0 Å². The highest BCUT2D eigenvalue weighted by Gasteiger charge is 2.30. The van der Waals surface area contributed by atoms with Crippen LogP contribution in [0.25, 0.3) is 0 Å². The van der Waals surface area contributed by atoms with Crippen molar-refractivity contribution in [2.75, 3.05) is 6.54 Å². The standard InChI is InChI=1S/C26H28FN3O3S/c1-18-5-7-23(8-6-18)16-30(34(32,33)26-20(3)13-19(2)14-21(26)4)17-25(31)29-28-15-22-9-11-24(27)12-10-22/h5-15H,16-17H2,1-4H3,(H,29,31)/b28-15+. The Labute approximate surface area is 200 Å². The average Bonchev–Trinajstić information content (AvgIpc) is 2.75. The molecule has 0 aliphatic rings. The smallest absolute Gasteiger partial charge is 0.255 e. The van der Waals surface area contributed by atoms with E-state index in [-0.39, 0.29) is 17.3 Å². The highest BCUT2D eigenvalue weighted by atomic mass is 32.2. The Bertz CT molecular complexity index is 1280. The van der Waals surface area contributed by atoms with E-state index in [1.165, 1.54) is 30.5 Å². The second-order valence-corrected chi connectivity index (χ2v) is 10.2. The van der Waals surface area contributed by atoms with Gasteiger partial charge >= 0.3 is 0 Å². The number of carbonyl (C=O) groups excluding carboxylic acids is 1. The van der Waals surface area contributed by atoms with Crippen molar-refractivity contribution in [1.82, 2.24) is 9.73 Å². The topological polar surface area (TPSA) is 78.8 Å². The van der Waals surface area contributed by atoms with Crippen LogP contribution < -0.4 is 5.43 Å². The van der Waals surface area contributed by atoms with Gasteiger partial charge in [0.1, 0.15) is 5.82 Å². The lowest BCUT2D eigenvalue weighted by molar-refractivity contribution is -0.121. The molecule has 1 amide bonds. The number of halogens is 1. The van der Waals surface area contributed by atoms with Gasteiger partial charge in [0.2, 0.25) is 10.0 Å². The molecule has 0 atom stereocenters. The maximum atomic E-state index is 13.7. The number of nitrogens with one attached hydrogen (secondary N) is 1. The monoisotopic (exact) mass is 481 g/mol. The Hall–Kier alpha value is -3.36. The Kier molecular flexibility index (Phi) is 7.96. The third kappa shape index (κ3) is 6.36. The number of carbonyl (C=O) groups is 1. The van der Waals surface area contributed by atoms with Crippen molar-refractivity contribution in [3.63, 3.8) is 0 Å². The van der Waals surface area contributed by atoms with Crippen LogP contribution >= 0.6 is 0 Å². The van der Waals surface area contributed by atoms with Crippen LogP contribution in [0.15, 0.2) is 70.7 Å². The molecule has 0 bridgehead atoms. The van der Waals surface area contributed by atoms with Crippen molar-refractivity contribution < 1.29 is 17.6 Å². The summed E-state index contributed by atoms with van der Waals surface area (Å²) in [7, 11) is -3.99. The Morgan fingerprint density at radius 1 is 0.941 bits per heavy atom. The van der Waals surface area contributed by atoms with Crippen LogP contribution in [0.3, 0.4) is 0 Å². The van der Waals surface area contributed by atoms with E-state index < -0.39 is 22.5 Å². The molecule has 0 fully saturated rings. The normalized spacial score (nSPS) is 11.8. The Morgan fingerprint density at radius 3 is 2.12 bits per heavy atom. The molecule has 8 heteroatoms. The Morgan fingerprint density at radius 2 is 1.53 bits per heavy atom. The zero-order chi connectivity index (χ0) is 24.9. The maximum absolute atomic E-state index is 13.7. The largest absolute Gasteiger partial charge is 0.272 e. The molecule has 0 saturated carbocycles. The fourth-order valence-electron chi connectivity index (χ4n) is 3.75. The van der Waals surface area contributed by atoms with Crippen LogP contribution in [0.2, 0.25) is 0 Å². The third-order valence-corrected chi connectivity index (χ3v) is 7.37. The van der Waals surface area contributed by atoms with Crippen LogP contribution in [0, 0.1) is 33.5 Å². The highest BCUT2D eigenvalue weighted by molar-refractivity contribution is 7.89. The summed E-state index contributed by atoms with van der Waals surface area (Å²) in [5.74, 6) is -0.962. The molecular formula is C26H28FN3O3S. The van der Waals surface area contributed by atoms with Crippen molar-refractivity contribution in [3.05, 3.63) is 99.9 Å². The molecule has 0 aliphatic carbocycles. The second kappa shape index (κ2) is 10.7. The van der Waals surface area contributed by atoms with Gasteiger partial charge in [0.05, 0.1) is 17.7 Å². The molecule has 0 heterocycles. The summed E-state index contributed by atoms with van der Waals surface area (Å²) in [6, 6.07) is 16.7. The van der Waals surface area contributed by atoms with Crippen LogP contribution in [-0.4, -0.2) is 31.4 Å².